The van der Waals surface area contributed by atoms with Crippen LogP contribution in [-0.2, 0) is 0 Å². The molecule has 0 heterocycles. The fourth-order valence-corrected chi connectivity index (χ4v) is 1.91. The normalized spacial score (nSPS) is 14.0. The first-order valence-corrected chi connectivity index (χ1v) is 6.10. The van der Waals surface area contributed by atoms with Crippen molar-refractivity contribution in [3.8, 4) is 18.1 Å². The summed E-state index contributed by atoms with van der Waals surface area (Å²) in [6, 6.07) is 5.84. The van der Waals surface area contributed by atoms with E-state index in [1.807, 2.05) is 26.0 Å². The average Bonchev–Trinajstić information content (AvgIpc) is 2.28. The van der Waals surface area contributed by atoms with Crippen molar-refractivity contribution in [3.05, 3.63) is 29.3 Å². The Labute approximate surface area is 104 Å². The van der Waals surface area contributed by atoms with E-state index in [1.54, 1.807) is 6.07 Å². The average molecular weight is 231 g/mol. The number of terminal acetylenes is 1. The van der Waals surface area contributed by atoms with Crippen LogP contribution in [0.4, 0.5) is 0 Å². The third-order valence-corrected chi connectivity index (χ3v) is 2.88. The van der Waals surface area contributed by atoms with Crippen molar-refractivity contribution >= 4 is 0 Å². The van der Waals surface area contributed by atoms with Crippen molar-refractivity contribution in [2.75, 3.05) is 0 Å². The maximum Gasteiger partial charge on any atom is 0.120 e. The number of hydrogen-bond donors (Lipinski definition) is 2. The molecule has 0 saturated carbocycles. The number of rotatable bonds is 5. The van der Waals surface area contributed by atoms with Gasteiger partial charge < -0.3 is 5.11 Å². The van der Waals surface area contributed by atoms with Gasteiger partial charge in [0.15, 0.2) is 0 Å². The van der Waals surface area contributed by atoms with Crippen LogP contribution in [0.2, 0.25) is 0 Å². The second kappa shape index (κ2) is 6.32. The summed E-state index contributed by atoms with van der Waals surface area (Å²) < 4.78 is 0. The summed E-state index contributed by atoms with van der Waals surface area (Å²) in [6.45, 7) is 6.09. The summed E-state index contributed by atoms with van der Waals surface area (Å²) in [5.41, 5.74) is 1.95. The van der Waals surface area contributed by atoms with E-state index in [9.17, 15) is 5.11 Å². The molecule has 2 N–H and O–H groups in total. The van der Waals surface area contributed by atoms with Gasteiger partial charge in [0.1, 0.15) is 5.75 Å². The van der Waals surface area contributed by atoms with Crippen molar-refractivity contribution in [1.29, 1.82) is 0 Å². The lowest BCUT2D eigenvalue weighted by atomic mass is 10.0. The van der Waals surface area contributed by atoms with Gasteiger partial charge in [-0.3, -0.25) is 5.32 Å². The Bertz CT molecular complexity index is 406. The molecule has 1 aromatic carbocycles. The molecule has 92 valence electrons. The van der Waals surface area contributed by atoms with Gasteiger partial charge in [0.05, 0.1) is 6.04 Å². The first-order chi connectivity index (χ1) is 8.08. The highest BCUT2D eigenvalue weighted by Gasteiger charge is 2.13. The van der Waals surface area contributed by atoms with Gasteiger partial charge in [0.2, 0.25) is 0 Å². The van der Waals surface area contributed by atoms with Gasteiger partial charge >= 0.3 is 0 Å². The molecule has 1 aromatic rings. The zero-order valence-electron chi connectivity index (χ0n) is 10.8. The number of phenolic OH excluding ortho intramolecular Hbond substituents is 1. The fourth-order valence-electron chi connectivity index (χ4n) is 1.91. The lowest BCUT2D eigenvalue weighted by Crippen LogP contribution is -2.30. The van der Waals surface area contributed by atoms with E-state index in [0.29, 0.717) is 5.75 Å². The van der Waals surface area contributed by atoms with Gasteiger partial charge in [-0.1, -0.05) is 31.4 Å². The van der Waals surface area contributed by atoms with E-state index in [1.165, 1.54) is 0 Å². The Balaban J connectivity index is 2.75. The first kappa shape index (κ1) is 13.6. The summed E-state index contributed by atoms with van der Waals surface area (Å²) >= 11 is 0. The van der Waals surface area contributed by atoms with E-state index < -0.39 is 0 Å². The van der Waals surface area contributed by atoms with Crippen LogP contribution in [0.1, 0.15) is 43.9 Å². The molecule has 2 unspecified atom stereocenters. The quantitative estimate of drug-likeness (QED) is 0.763. The zero-order valence-corrected chi connectivity index (χ0v) is 10.8. The van der Waals surface area contributed by atoms with E-state index in [0.717, 1.165) is 24.0 Å². The minimum atomic E-state index is 0.0585. The molecule has 0 saturated heterocycles. The Morgan fingerprint density at radius 2 is 2.18 bits per heavy atom. The predicted octanol–water partition coefficient (Wildman–Crippen LogP) is 3.15. The number of aryl methyl sites for hydroxylation is 1. The fraction of sp³-hybridized carbons (Fsp3) is 0.467. The summed E-state index contributed by atoms with van der Waals surface area (Å²) in [7, 11) is 0. The van der Waals surface area contributed by atoms with Gasteiger partial charge in [-0.05, 0) is 31.9 Å². The molecular weight excluding hydrogens is 210 g/mol. The molecule has 1 rings (SSSR count). The van der Waals surface area contributed by atoms with Crippen LogP contribution in [0.15, 0.2) is 18.2 Å². The lowest BCUT2D eigenvalue weighted by Gasteiger charge is -2.20. The molecule has 0 spiro atoms. The summed E-state index contributed by atoms with van der Waals surface area (Å²) in [6.07, 6.45) is 7.47. The number of hydrogen-bond acceptors (Lipinski definition) is 2. The summed E-state index contributed by atoms with van der Waals surface area (Å²) in [4.78, 5) is 0. The summed E-state index contributed by atoms with van der Waals surface area (Å²) in [5.74, 6) is 3.07. The van der Waals surface area contributed by atoms with Gasteiger partial charge in [-0.2, -0.15) is 0 Å². The highest BCUT2D eigenvalue weighted by atomic mass is 16.3. The molecule has 0 fully saturated rings. The molecule has 2 atom stereocenters. The highest BCUT2D eigenvalue weighted by Crippen LogP contribution is 2.25. The topological polar surface area (TPSA) is 32.3 Å². The Kier molecular flexibility index (Phi) is 5.06. The number of nitrogens with one attached hydrogen (secondary N) is 1. The molecule has 0 radical (unpaired) electrons. The van der Waals surface area contributed by atoms with Crippen molar-refractivity contribution in [1.82, 2.24) is 5.32 Å². The van der Waals surface area contributed by atoms with Crippen molar-refractivity contribution in [3.63, 3.8) is 0 Å². The maximum atomic E-state index is 9.89. The van der Waals surface area contributed by atoms with Crippen molar-refractivity contribution in [2.24, 2.45) is 0 Å². The molecule has 0 bridgehead atoms. The van der Waals surface area contributed by atoms with E-state index in [2.05, 4.69) is 18.2 Å². The van der Waals surface area contributed by atoms with Crippen LogP contribution in [0.3, 0.4) is 0 Å². The molecular formula is C15H21NO. The van der Waals surface area contributed by atoms with Gasteiger partial charge in [0, 0.05) is 11.6 Å². The maximum absolute atomic E-state index is 9.89. The van der Waals surface area contributed by atoms with Gasteiger partial charge in [-0.15, -0.1) is 6.42 Å². The largest absolute Gasteiger partial charge is 0.508 e. The number of aromatic hydroxyl groups is 1. The first-order valence-electron chi connectivity index (χ1n) is 6.10. The van der Waals surface area contributed by atoms with Gasteiger partial charge in [-0.25, -0.2) is 0 Å². The third kappa shape index (κ3) is 3.80. The Morgan fingerprint density at radius 3 is 2.71 bits per heavy atom. The Morgan fingerprint density at radius 1 is 1.47 bits per heavy atom. The molecule has 2 nitrogen and oxygen atoms in total. The van der Waals surface area contributed by atoms with Crippen molar-refractivity contribution < 1.29 is 5.11 Å². The minimum Gasteiger partial charge on any atom is -0.508 e. The van der Waals surface area contributed by atoms with Crippen LogP contribution in [-0.4, -0.2) is 11.1 Å². The van der Waals surface area contributed by atoms with Crippen LogP contribution < -0.4 is 5.32 Å². The third-order valence-electron chi connectivity index (χ3n) is 2.88. The zero-order chi connectivity index (χ0) is 12.8. The SMILES string of the molecule is C#CC(CCC)NC(C)c1ccc(C)cc1O. The summed E-state index contributed by atoms with van der Waals surface area (Å²) in [5, 5.41) is 13.2. The Hall–Kier alpha value is -1.46. The van der Waals surface area contributed by atoms with Gasteiger partial charge in [0.25, 0.3) is 0 Å². The standard InChI is InChI=1S/C15H21NO/c1-5-7-13(6-2)16-12(4)14-9-8-11(3)10-15(14)17/h2,8-10,12-13,16-17H,5,7H2,1,3-4H3. The lowest BCUT2D eigenvalue weighted by molar-refractivity contribution is 0.440. The second-order valence-electron chi connectivity index (χ2n) is 4.46. The van der Waals surface area contributed by atoms with Crippen LogP contribution in [0.25, 0.3) is 0 Å². The molecule has 0 amide bonds. The smallest absolute Gasteiger partial charge is 0.120 e. The number of benzene rings is 1. The minimum absolute atomic E-state index is 0.0585. The number of phenols is 1. The van der Waals surface area contributed by atoms with Crippen LogP contribution in [0, 0.1) is 19.3 Å². The molecule has 0 aromatic heterocycles. The van der Waals surface area contributed by atoms with Crippen LogP contribution >= 0.6 is 0 Å². The molecule has 2 heteroatoms. The molecule has 0 aliphatic rings. The molecule has 0 aliphatic carbocycles. The molecule has 0 aliphatic heterocycles. The predicted molar refractivity (Wildman–Crippen MR) is 71.9 cm³/mol. The second-order valence-corrected chi connectivity index (χ2v) is 4.46. The highest BCUT2D eigenvalue weighted by molar-refractivity contribution is 5.38. The van der Waals surface area contributed by atoms with Crippen LogP contribution in [0.5, 0.6) is 5.75 Å². The van der Waals surface area contributed by atoms with Crippen molar-refractivity contribution in [2.45, 2.75) is 45.7 Å². The van der Waals surface area contributed by atoms with E-state index >= 15 is 0 Å². The van der Waals surface area contributed by atoms with E-state index in [4.69, 9.17) is 6.42 Å². The van der Waals surface area contributed by atoms with E-state index in [-0.39, 0.29) is 12.1 Å². The molecule has 17 heavy (non-hydrogen) atoms. The monoisotopic (exact) mass is 231 g/mol.